The number of hydrogen-bond donors (Lipinski definition) is 2. The van der Waals surface area contributed by atoms with E-state index >= 15 is 0 Å². The molecule has 0 bridgehead atoms. The minimum Gasteiger partial charge on any atom is -0.454 e. The van der Waals surface area contributed by atoms with Gasteiger partial charge in [0.1, 0.15) is 6.10 Å². The van der Waals surface area contributed by atoms with Crippen molar-refractivity contribution in [2.75, 3.05) is 13.2 Å². The molecule has 22 heavy (non-hydrogen) atoms. The Bertz CT molecular complexity index is 626. The average molecular weight is 312 g/mol. The Balaban J connectivity index is 1.80. The molecule has 118 valence electrons. The fourth-order valence-corrected chi connectivity index (χ4v) is 2.83. The maximum atomic E-state index is 13.0. The summed E-state index contributed by atoms with van der Waals surface area (Å²) < 4.78 is 44.4. The van der Waals surface area contributed by atoms with Crippen molar-refractivity contribution in [3.05, 3.63) is 46.7 Å². The third-order valence-corrected chi connectivity index (χ3v) is 3.85. The zero-order chi connectivity index (χ0) is 15.7. The second-order valence-electron chi connectivity index (χ2n) is 5.28. The fraction of sp³-hybridized carbons (Fsp3) is 0.400. The van der Waals surface area contributed by atoms with Gasteiger partial charge < -0.3 is 10.1 Å². The summed E-state index contributed by atoms with van der Waals surface area (Å²) in [6.07, 6.45) is -2.79. The molecular formula is C15H15F3N2O2. The van der Waals surface area contributed by atoms with Gasteiger partial charge in [0.15, 0.2) is 0 Å². The molecule has 1 aliphatic carbocycles. The van der Waals surface area contributed by atoms with E-state index < -0.39 is 23.8 Å². The molecule has 0 radical (unpaired) electrons. The first-order valence-electron chi connectivity index (χ1n) is 7.00. The molecular weight excluding hydrogens is 297 g/mol. The minimum absolute atomic E-state index is 0.238. The lowest BCUT2D eigenvalue weighted by molar-refractivity contribution is -0.144. The van der Waals surface area contributed by atoms with Crippen molar-refractivity contribution in [3.8, 4) is 0 Å². The summed E-state index contributed by atoms with van der Waals surface area (Å²) in [5, 5.41) is 5.83. The van der Waals surface area contributed by atoms with Crippen LogP contribution in [-0.2, 0) is 22.1 Å². The molecule has 2 aliphatic rings. The average Bonchev–Trinajstić information content (AvgIpc) is 2.90. The van der Waals surface area contributed by atoms with Crippen LogP contribution in [0.15, 0.2) is 30.0 Å². The van der Waals surface area contributed by atoms with Gasteiger partial charge in [0, 0.05) is 12.7 Å². The monoisotopic (exact) mass is 312 g/mol. The van der Waals surface area contributed by atoms with Crippen LogP contribution >= 0.6 is 0 Å². The van der Waals surface area contributed by atoms with E-state index in [0.29, 0.717) is 30.8 Å². The molecule has 0 aromatic heterocycles. The van der Waals surface area contributed by atoms with Crippen LogP contribution in [0.2, 0.25) is 0 Å². The number of nitrogens with one attached hydrogen (secondary N) is 2. The molecule has 0 spiro atoms. The molecule has 1 heterocycles. The number of rotatable bonds is 2. The van der Waals surface area contributed by atoms with Crippen LogP contribution < -0.4 is 10.6 Å². The molecule has 1 aliphatic heterocycles. The highest BCUT2D eigenvalue weighted by Crippen LogP contribution is 2.41. The molecule has 0 amide bonds. The van der Waals surface area contributed by atoms with E-state index in [-0.39, 0.29) is 12.0 Å². The third-order valence-electron chi connectivity index (χ3n) is 3.85. The topological polar surface area (TPSA) is 50.4 Å². The fourth-order valence-electron chi connectivity index (χ4n) is 2.83. The van der Waals surface area contributed by atoms with Crippen LogP contribution in [0.4, 0.5) is 13.2 Å². The number of carbonyl (C=O) groups excluding carboxylic acids is 1. The smallest absolute Gasteiger partial charge is 0.416 e. The lowest BCUT2D eigenvalue weighted by atomic mass is 10.0. The lowest BCUT2D eigenvalue weighted by Crippen LogP contribution is -2.35. The van der Waals surface area contributed by atoms with Crippen LogP contribution in [0.1, 0.15) is 29.2 Å². The molecule has 3 rings (SSSR count). The summed E-state index contributed by atoms with van der Waals surface area (Å²) in [5.41, 5.74) is 0.498. The van der Waals surface area contributed by atoms with E-state index in [2.05, 4.69) is 10.6 Å². The van der Waals surface area contributed by atoms with Crippen molar-refractivity contribution in [2.24, 2.45) is 0 Å². The number of halogens is 3. The van der Waals surface area contributed by atoms with Gasteiger partial charge in [-0.3, -0.25) is 5.32 Å². The first-order chi connectivity index (χ1) is 10.5. The number of fused-ring (bicyclic) bond motifs is 1. The van der Waals surface area contributed by atoms with Gasteiger partial charge in [0.25, 0.3) is 0 Å². The molecule has 0 unspecified atom stereocenters. The van der Waals surface area contributed by atoms with Crippen LogP contribution in [0.25, 0.3) is 0 Å². The highest BCUT2D eigenvalue weighted by molar-refractivity contribution is 5.89. The zero-order valence-corrected chi connectivity index (χ0v) is 11.7. The van der Waals surface area contributed by atoms with E-state index in [1.807, 2.05) is 0 Å². The molecule has 4 nitrogen and oxygen atoms in total. The third kappa shape index (κ3) is 2.81. The minimum atomic E-state index is -4.38. The highest BCUT2D eigenvalue weighted by Gasteiger charge is 2.38. The molecule has 0 saturated heterocycles. The van der Waals surface area contributed by atoms with Crippen molar-refractivity contribution < 1.29 is 22.7 Å². The van der Waals surface area contributed by atoms with Crippen molar-refractivity contribution in [3.63, 3.8) is 0 Å². The first-order valence-corrected chi connectivity index (χ1v) is 7.00. The Labute approximate surface area is 125 Å². The van der Waals surface area contributed by atoms with Crippen LogP contribution in [0.3, 0.4) is 0 Å². The van der Waals surface area contributed by atoms with E-state index in [9.17, 15) is 18.0 Å². The Hall–Kier alpha value is -2.02. The first kappa shape index (κ1) is 14.9. The number of benzene rings is 1. The lowest BCUT2D eigenvalue weighted by Gasteiger charge is -2.18. The largest absolute Gasteiger partial charge is 0.454 e. The second-order valence-corrected chi connectivity index (χ2v) is 5.28. The summed E-state index contributed by atoms with van der Waals surface area (Å²) in [4.78, 5) is 12.1. The van der Waals surface area contributed by atoms with Gasteiger partial charge >= 0.3 is 12.1 Å². The van der Waals surface area contributed by atoms with Crippen molar-refractivity contribution in [1.82, 2.24) is 10.6 Å². The number of esters is 1. The molecule has 2 N–H and O–H groups in total. The Morgan fingerprint density at radius 3 is 2.82 bits per heavy atom. The van der Waals surface area contributed by atoms with Crippen molar-refractivity contribution in [1.29, 1.82) is 0 Å². The van der Waals surface area contributed by atoms with Crippen molar-refractivity contribution in [2.45, 2.75) is 25.1 Å². The van der Waals surface area contributed by atoms with Gasteiger partial charge in [-0.1, -0.05) is 12.1 Å². The van der Waals surface area contributed by atoms with Crippen LogP contribution in [0.5, 0.6) is 0 Å². The molecule has 1 atom stereocenters. The predicted octanol–water partition coefficient (Wildman–Crippen LogP) is 2.27. The Morgan fingerprint density at radius 2 is 2.14 bits per heavy atom. The number of carbonyl (C=O) groups is 1. The van der Waals surface area contributed by atoms with Gasteiger partial charge in [0.2, 0.25) is 0 Å². The summed E-state index contributed by atoms with van der Waals surface area (Å²) in [6.45, 7) is 0.950. The number of alkyl halides is 3. The van der Waals surface area contributed by atoms with Gasteiger partial charge in [-0.05, 0) is 30.0 Å². The van der Waals surface area contributed by atoms with Gasteiger partial charge in [-0.25, -0.2) is 4.79 Å². The Morgan fingerprint density at radius 1 is 1.32 bits per heavy atom. The SMILES string of the molecule is O=C(O[C@@H]1CCc2c1cccc2C(F)(F)F)C1=CNCNC1. The van der Waals surface area contributed by atoms with E-state index in [0.717, 1.165) is 6.07 Å². The molecule has 1 aromatic carbocycles. The standard InChI is InChI=1S/C15H15F3N2O2/c16-15(17,18)12-3-1-2-11-10(12)4-5-13(11)22-14(21)9-6-19-8-20-7-9/h1-3,6,13,19-20H,4-5,7-8H2/t13-/m1/s1. The van der Waals surface area contributed by atoms with Crippen LogP contribution in [-0.4, -0.2) is 19.2 Å². The molecule has 0 fully saturated rings. The normalized spacial score (nSPS) is 20.9. The highest BCUT2D eigenvalue weighted by atomic mass is 19.4. The molecule has 1 aromatic rings. The van der Waals surface area contributed by atoms with E-state index in [1.165, 1.54) is 6.07 Å². The molecule has 7 heteroatoms. The summed E-state index contributed by atoms with van der Waals surface area (Å²) in [7, 11) is 0. The Kier molecular flexibility index (Phi) is 3.82. The quantitative estimate of drug-likeness (QED) is 0.823. The van der Waals surface area contributed by atoms with Gasteiger partial charge in [-0.2, -0.15) is 13.2 Å². The summed E-state index contributed by atoms with van der Waals surface area (Å²) in [6, 6.07) is 4.03. The number of ether oxygens (including phenoxy) is 1. The van der Waals surface area contributed by atoms with E-state index in [1.54, 1.807) is 12.3 Å². The summed E-state index contributed by atoms with van der Waals surface area (Å²) in [5.74, 6) is -0.505. The maximum absolute atomic E-state index is 13.0. The predicted molar refractivity (Wildman–Crippen MR) is 72.7 cm³/mol. The number of hydrogen-bond acceptors (Lipinski definition) is 4. The molecule has 0 saturated carbocycles. The maximum Gasteiger partial charge on any atom is 0.416 e. The second kappa shape index (κ2) is 5.64. The van der Waals surface area contributed by atoms with E-state index in [4.69, 9.17) is 4.74 Å². The zero-order valence-electron chi connectivity index (χ0n) is 11.7. The van der Waals surface area contributed by atoms with Gasteiger partial charge in [0.05, 0.1) is 17.8 Å². The summed E-state index contributed by atoms with van der Waals surface area (Å²) >= 11 is 0. The van der Waals surface area contributed by atoms with Crippen molar-refractivity contribution >= 4 is 5.97 Å². The van der Waals surface area contributed by atoms with Crippen LogP contribution in [0, 0.1) is 0 Å². The van der Waals surface area contributed by atoms with Gasteiger partial charge in [-0.15, -0.1) is 0 Å².